The number of benzene rings is 3. The zero-order valence-corrected chi connectivity index (χ0v) is 30.9. The van der Waals surface area contributed by atoms with Gasteiger partial charge in [-0.15, -0.1) is 0 Å². The first-order valence-electron chi connectivity index (χ1n) is 16.3. The van der Waals surface area contributed by atoms with Gasteiger partial charge in [-0.25, -0.2) is 23.1 Å². The summed E-state index contributed by atoms with van der Waals surface area (Å²) in [5, 5.41) is 17.8. The Morgan fingerprint density at radius 3 is 1.58 bits per heavy atom. The van der Waals surface area contributed by atoms with Crippen molar-refractivity contribution in [2.45, 2.75) is 64.1 Å². The van der Waals surface area contributed by atoms with E-state index in [0.29, 0.717) is 12.1 Å². The van der Waals surface area contributed by atoms with Crippen molar-refractivity contribution in [3.05, 3.63) is 78.4 Å². The van der Waals surface area contributed by atoms with Gasteiger partial charge >= 0.3 is 18.3 Å². The van der Waals surface area contributed by atoms with Gasteiger partial charge in [0.15, 0.2) is 11.5 Å². The van der Waals surface area contributed by atoms with E-state index in [9.17, 15) is 32.7 Å². The molecule has 4 N–H and O–H groups in total. The first kappa shape index (κ1) is 41.1. The number of nitrogens with zero attached hydrogens (tertiary/aromatic N) is 2. The monoisotopic (exact) mass is 742 g/mol. The van der Waals surface area contributed by atoms with Crippen molar-refractivity contribution in [2.24, 2.45) is 5.14 Å². The third-order valence-corrected chi connectivity index (χ3v) is 7.79. The molecular weight excluding hydrogens is 696 g/mol. The Bertz CT molecular complexity index is 1820. The van der Waals surface area contributed by atoms with Gasteiger partial charge in [0, 0.05) is 19.6 Å². The van der Waals surface area contributed by atoms with Gasteiger partial charge < -0.3 is 39.2 Å². The number of hydrogen-bond donors (Lipinski definition) is 3. The zero-order chi connectivity index (χ0) is 38.7. The average Bonchev–Trinajstić information content (AvgIpc) is 3.01. The second-order valence-corrected chi connectivity index (χ2v) is 15.2. The lowest BCUT2D eigenvalue weighted by molar-refractivity contribution is -0.135. The molecule has 0 aliphatic rings. The van der Waals surface area contributed by atoms with Crippen LogP contribution in [0.4, 0.5) is 21.0 Å². The first-order chi connectivity index (χ1) is 24.2. The summed E-state index contributed by atoms with van der Waals surface area (Å²) in [6.45, 7) is 9.62. The summed E-state index contributed by atoms with van der Waals surface area (Å²) in [5.41, 5.74) is -0.280. The maximum atomic E-state index is 13.3. The maximum Gasteiger partial charge on any atom is 0.514 e. The number of nitrogens with two attached hydrogens (primary N) is 1. The van der Waals surface area contributed by atoms with Gasteiger partial charge in [0.25, 0.3) is 0 Å². The van der Waals surface area contributed by atoms with Crippen molar-refractivity contribution in [1.82, 2.24) is 5.32 Å². The number of amides is 1. The second-order valence-electron chi connectivity index (χ2n) is 13.6. The number of carbonyl (C=O) groups is 4. The lowest BCUT2D eigenvalue weighted by Gasteiger charge is -2.31. The van der Waals surface area contributed by atoms with Gasteiger partial charge in [-0.1, -0.05) is 36.4 Å². The van der Waals surface area contributed by atoms with E-state index in [1.54, 1.807) is 95.0 Å². The van der Waals surface area contributed by atoms with Gasteiger partial charge in [0.05, 0.1) is 22.8 Å². The van der Waals surface area contributed by atoms with Crippen LogP contribution in [-0.4, -0.2) is 81.6 Å². The van der Waals surface area contributed by atoms with Crippen LogP contribution in [0.15, 0.2) is 77.7 Å². The summed E-state index contributed by atoms with van der Waals surface area (Å²) >= 11 is 0. The fraction of sp³-hybridized carbons (Fsp3) is 0.389. The van der Waals surface area contributed by atoms with Gasteiger partial charge in [-0.3, -0.25) is 9.59 Å². The lowest BCUT2D eigenvalue weighted by Crippen LogP contribution is -2.43. The highest BCUT2D eigenvalue weighted by Crippen LogP contribution is 2.31. The second kappa shape index (κ2) is 17.7. The summed E-state index contributed by atoms with van der Waals surface area (Å²) in [4.78, 5) is 53.6. The molecule has 16 heteroatoms. The molecule has 0 saturated carbocycles. The maximum absolute atomic E-state index is 13.3. The largest absolute Gasteiger partial charge is 0.514 e. The van der Waals surface area contributed by atoms with Crippen molar-refractivity contribution in [1.29, 1.82) is 0 Å². The smallest absolute Gasteiger partial charge is 0.480 e. The Kier molecular flexibility index (Phi) is 14.0. The number of nitrogens with one attached hydrogen (secondary N) is 1. The van der Waals surface area contributed by atoms with Crippen molar-refractivity contribution in [3.63, 3.8) is 0 Å². The zero-order valence-electron chi connectivity index (χ0n) is 30.1. The van der Waals surface area contributed by atoms with Gasteiger partial charge in [-0.05, 0) is 89.9 Å². The van der Waals surface area contributed by atoms with E-state index in [4.69, 9.17) is 24.1 Å². The molecule has 0 heterocycles. The number of primary sulfonamides is 1. The Hall–Kier alpha value is -5.35. The molecule has 0 unspecified atom stereocenters. The van der Waals surface area contributed by atoms with E-state index < -0.39 is 52.0 Å². The van der Waals surface area contributed by atoms with E-state index in [0.717, 1.165) is 5.56 Å². The minimum absolute atomic E-state index is 0.00540. The standard InChI is InChI=1S/C36H46N4O11S/c1-35(2,3)50-33(44)48-29-13-9-7-11-27(29)39(23-31(41)38-20-19-25-15-17-26(18-16-25)52(37,46)47)21-22-40(24-32(42)43)28-12-8-10-14-30(28)49-34(45)51-36(4,5)6/h7-18H,19-24H2,1-6H3,(H,38,41)(H,42,43)(H2,37,46,47). The molecule has 0 aromatic heterocycles. The fourth-order valence-corrected chi connectivity index (χ4v) is 5.24. The van der Waals surface area contributed by atoms with Crippen LogP contribution in [0.5, 0.6) is 11.5 Å². The number of hydrogen-bond acceptors (Lipinski definition) is 12. The summed E-state index contributed by atoms with van der Waals surface area (Å²) in [7, 11) is -3.84. The summed E-state index contributed by atoms with van der Waals surface area (Å²) in [6.07, 6.45) is -1.55. The number of sulfonamides is 1. The van der Waals surface area contributed by atoms with Crippen molar-refractivity contribution in [3.8, 4) is 11.5 Å². The van der Waals surface area contributed by atoms with Crippen LogP contribution in [0.25, 0.3) is 0 Å². The summed E-state index contributed by atoms with van der Waals surface area (Å²) < 4.78 is 44.8. The number of ether oxygens (including phenoxy) is 4. The fourth-order valence-electron chi connectivity index (χ4n) is 4.73. The highest BCUT2D eigenvalue weighted by molar-refractivity contribution is 7.89. The molecule has 0 aliphatic carbocycles. The van der Waals surface area contributed by atoms with Crippen LogP contribution in [0.2, 0.25) is 0 Å². The molecule has 0 saturated heterocycles. The number of para-hydroxylation sites is 4. The Labute approximate surface area is 303 Å². The number of carboxylic acid groups (broad SMARTS) is 1. The molecule has 3 aromatic rings. The molecule has 0 radical (unpaired) electrons. The van der Waals surface area contributed by atoms with Crippen LogP contribution in [0.1, 0.15) is 47.1 Å². The molecule has 3 rings (SSSR count). The van der Waals surface area contributed by atoms with Gasteiger partial charge in [0.2, 0.25) is 15.9 Å². The van der Waals surface area contributed by atoms with Crippen molar-refractivity contribution in [2.75, 3.05) is 42.5 Å². The lowest BCUT2D eigenvalue weighted by atomic mass is 10.1. The van der Waals surface area contributed by atoms with Crippen LogP contribution < -0.4 is 29.7 Å². The molecule has 282 valence electrons. The molecule has 0 atom stereocenters. The molecular formula is C36H46N4O11S. The predicted molar refractivity (Wildman–Crippen MR) is 193 cm³/mol. The minimum Gasteiger partial charge on any atom is -0.480 e. The van der Waals surface area contributed by atoms with Crippen molar-refractivity contribution >= 4 is 45.6 Å². The number of rotatable bonds is 15. The Morgan fingerprint density at radius 2 is 1.15 bits per heavy atom. The van der Waals surface area contributed by atoms with Crippen LogP contribution in [-0.2, 0) is 35.5 Å². The van der Waals surface area contributed by atoms with E-state index >= 15 is 0 Å². The highest BCUT2D eigenvalue weighted by atomic mass is 32.2. The average molecular weight is 743 g/mol. The van der Waals surface area contributed by atoms with E-state index in [2.05, 4.69) is 5.32 Å². The minimum atomic E-state index is -3.84. The number of aliphatic carboxylic acids is 1. The van der Waals surface area contributed by atoms with Crippen LogP contribution in [0.3, 0.4) is 0 Å². The molecule has 0 fully saturated rings. The number of carbonyl (C=O) groups excluding carboxylic acids is 3. The predicted octanol–water partition coefficient (Wildman–Crippen LogP) is 4.72. The number of anilines is 2. The third kappa shape index (κ3) is 14.1. The van der Waals surface area contributed by atoms with E-state index in [1.165, 1.54) is 29.2 Å². The molecule has 1 amide bonds. The SMILES string of the molecule is CC(C)(C)OC(=O)Oc1ccccc1N(CCN(CC(=O)NCCc1ccc(S(N)(=O)=O)cc1)c1ccccc1OC(=O)OC(C)(C)C)CC(=O)O. The van der Waals surface area contributed by atoms with Gasteiger partial charge in [0.1, 0.15) is 17.7 Å². The quantitative estimate of drug-likeness (QED) is 0.143. The highest BCUT2D eigenvalue weighted by Gasteiger charge is 2.25. The van der Waals surface area contributed by atoms with E-state index in [-0.39, 0.29) is 48.3 Å². The first-order valence-corrected chi connectivity index (χ1v) is 17.8. The topological polar surface area (TPSA) is 204 Å². The third-order valence-electron chi connectivity index (χ3n) is 6.87. The van der Waals surface area contributed by atoms with Crippen LogP contribution in [0, 0.1) is 0 Å². The van der Waals surface area contributed by atoms with Crippen molar-refractivity contribution < 1.29 is 51.6 Å². The Balaban J connectivity index is 1.87. The molecule has 0 aliphatic heterocycles. The summed E-state index contributed by atoms with van der Waals surface area (Å²) in [6, 6.07) is 18.9. The van der Waals surface area contributed by atoms with Crippen LogP contribution >= 0.6 is 0 Å². The normalized spacial score (nSPS) is 11.6. The molecule has 0 spiro atoms. The Morgan fingerprint density at radius 1 is 0.712 bits per heavy atom. The molecule has 15 nitrogen and oxygen atoms in total. The molecule has 0 bridgehead atoms. The van der Waals surface area contributed by atoms with E-state index in [1.807, 2.05) is 0 Å². The summed E-state index contributed by atoms with van der Waals surface area (Å²) in [5.74, 6) is -1.42. The number of carboxylic acids is 1. The molecule has 52 heavy (non-hydrogen) atoms. The van der Waals surface area contributed by atoms with Gasteiger partial charge in [-0.2, -0.15) is 0 Å². The molecule has 3 aromatic carbocycles.